The minimum atomic E-state index is -4.78. The predicted octanol–water partition coefficient (Wildman–Crippen LogP) is 4.37. The van der Waals surface area contributed by atoms with Gasteiger partial charge in [0.2, 0.25) is 0 Å². The van der Waals surface area contributed by atoms with Gasteiger partial charge in [-0.1, -0.05) is 11.6 Å². The summed E-state index contributed by atoms with van der Waals surface area (Å²) in [4.78, 5) is 10.4. The molecule has 0 fully saturated rings. The molecule has 0 radical (unpaired) electrons. The average Bonchev–Trinajstić information content (AvgIpc) is 2.97. The summed E-state index contributed by atoms with van der Waals surface area (Å²) in [7, 11) is 0. The van der Waals surface area contributed by atoms with Crippen molar-refractivity contribution in [1.82, 2.24) is 14.8 Å². The number of aryl methyl sites for hydroxylation is 1. The van der Waals surface area contributed by atoms with E-state index in [4.69, 9.17) is 11.6 Å². The first-order valence-electron chi connectivity index (χ1n) is 7.92. The number of fused-ring (bicyclic) bond motifs is 1. The number of benzene rings is 1. The van der Waals surface area contributed by atoms with Crippen LogP contribution in [0.2, 0.25) is 5.02 Å². The number of alkyl halides is 3. The highest BCUT2D eigenvalue weighted by molar-refractivity contribution is 6.31. The Bertz CT molecular complexity index is 853. The predicted molar refractivity (Wildman–Crippen MR) is 88.1 cm³/mol. The van der Waals surface area contributed by atoms with Crippen LogP contribution in [-0.4, -0.2) is 19.7 Å². The third-order valence-electron chi connectivity index (χ3n) is 4.23. The fraction of sp³-hybridized carbons (Fsp3) is 0.467. The Morgan fingerprint density at radius 1 is 1.35 bits per heavy atom. The molecule has 7 nitrogen and oxygen atoms in total. The number of nitro groups is 1. The van der Waals surface area contributed by atoms with E-state index in [0.717, 1.165) is 37.7 Å². The van der Waals surface area contributed by atoms with Crippen LogP contribution in [0.25, 0.3) is 0 Å². The molecule has 1 atom stereocenters. The van der Waals surface area contributed by atoms with Crippen LogP contribution in [0.1, 0.15) is 43.0 Å². The quantitative estimate of drug-likeness (QED) is 0.620. The van der Waals surface area contributed by atoms with E-state index in [2.05, 4.69) is 15.5 Å². The van der Waals surface area contributed by atoms with E-state index in [1.807, 2.05) is 4.57 Å². The van der Waals surface area contributed by atoms with Gasteiger partial charge in [-0.25, -0.2) is 0 Å². The Kier molecular flexibility index (Phi) is 4.78. The number of nitro benzene ring substituents is 1. The first-order valence-corrected chi connectivity index (χ1v) is 8.30. The van der Waals surface area contributed by atoms with Crippen molar-refractivity contribution in [3.05, 3.63) is 44.5 Å². The second kappa shape index (κ2) is 6.75. The molecule has 1 unspecified atom stereocenters. The van der Waals surface area contributed by atoms with E-state index >= 15 is 0 Å². The van der Waals surface area contributed by atoms with Gasteiger partial charge in [-0.2, -0.15) is 13.2 Å². The lowest BCUT2D eigenvalue weighted by atomic mass is 10.1. The van der Waals surface area contributed by atoms with Gasteiger partial charge in [0, 0.05) is 19.0 Å². The van der Waals surface area contributed by atoms with Crippen LogP contribution >= 0.6 is 11.6 Å². The Labute approximate surface area is 151 Å². The lowest BCUT2D eigenvalue weighted by Crippen LogP contribution is -2.18. The fourth-order valence-electron chi connectivity index (χ4n) is 2.99. The Hall–Kier alpha value is -2.36. The van der Waals surface area contributed by atoms with E-state index in [0.29, 0.717) is 11.9 Å². The Morgan fingerprint density at radius 2 is 2.08 bits per heavy atom. The standard InChI is InChI=1S/C15H15ClF3N5O2/c1-8(14-22-21-13-4-2-3-5-23(13)14)20-11-7-10(16)9(15(17,18)19)6-12(11)24(25)26/h6-8,20H,2-5H2,1H3. The van der Waals surface area contributed by atoms with E-state index in [1.54, 1.807) is 6.92 Å². The molecule has 0 saturated heterocycles. The smallest absolute Gasteiger partial charge is 0.370 e. The fourth-order valence-corrected chi connectivity index (χ4v) is 3.27. The largest absolute Gasteiger partial charge is 0.418 e. The number of aromatic nitrogens is 3. The van der Waals surface area contributed by atoms with Gasteiger partial charge in [-0.3, -0.25) is 10.1 Å². The summed E-state index contributed by atoms with van der Waals surface area (Å²) in [6.07, 6.45) is -2.00. The van der Waals surface area contributed by atoms with Gasteiger partial charge in [0.05, 0.1) is 21.6 Å². The first kappa shape index (κ1) is 18.4. The maximum atomic E-state index is 12.9. The number of hydrogen-bond acceptors (Lipinski definition) is 5. The van der Waals surface area contributed by atoms with Crippen molar-refractivity contribution in [3.8, 4) is 0 Å². The highest BCUT2D eigenvalue weighted by Crippen LogP contribution is 2.41. The molecule has 0 saturated carbocycles. The molecule has 1 aliphatic heterocycles. The van der Waals surface area contributed by atoms with Gasteiger partial charge in [0.25, 0.3) is 5.69 Å². The van der Waals surface area contributed by atoms with Crippen LogP contribution in [0.5, 0.6) is 0 Å². The van der Waals surface area contributed by atoms with Crippen molar-refractivity contribution in [2.45, 2.75) is 44.9 Å². The summed E-state index contributed by atoms with van der Waals surface area (Å²) in [5, 5.41) is 21.7. The van der Waals surface area contributed by atoms with Crippen molar-refractivity contribution < 1.29 is 18.1 Å². The molecule has 0 aliphatic carbocycles. The lowest BCUT2D eigenvalue weighted by Gasteiger charge is -2.20. The van der Waals surface area contributed by atoms with Gasteiger partial charge in [-0.15, -0.1) is 10.2 Å². The number of halogens is 4. The van der Waals surface area contributed by atoms with Crippen LogP contribution in [0.3, 0.4) is 0 Å². The molecule has 11 heteroatoms. The molecule has 3 rings (SSSR count). The van der Waals surface area contributed by atoms with Crippen LogP contribution < -0.4 is 5.32 Å². The third-order valence-corrected chi connectivity index (χ3v) is 4.55. The molecule has 1 N–H and O–H groups in total. The molecule has 1 aromatic carbocycles. The van der Waals surface area contributed by atoms with Gasteiger partial charge >= 0.3 is 6.18 Å². The molecular formula is C15H15ClF3N5O2. The van der Waals surface area contributed by atoms with Crippen molar-refractivity contribution >= 4 is 23.0 Å². The molecule has 0 spiro atoms. The molecule has 26 heavy (non-hydrogen) atoms. The van der Waals surface area contributed by atoms with E-state index in [9.17, 15) is 23.3 Å². The van der Waals surface area contributed by atoms with Crippen molar-refractivity contribution in [2.75, 3.05) is 5.32 Å². The zero-order chi connectivity index (χ0) is 19.1. The molecule has 2 heterocycles. The van der Waals surface area contributed by atoms with Crippen LogP contribution in [0, 0.1) is 10.1 Å². The second-order valence-corrected chi connectivity index (χ2v) is 6.46. The zero-order valence-electron chi connectivity index (χ0n) is 13.7. The van der Waals surface area contributed by atoms with Gasteiger partial charge < -0.3 is 9.88 Å². The second-order valence-electron chi connectivity index (χ2n) is 6.05. The Balaban J connectivity index is 1.95. The maximum Gasteiger partial charge on any atom is 0.418 e. The molecule has 0 bridgehead atoms. The van der Waals surface area contributed by atoms with E-state index in [-0.39, 0.29) is 5.69 Å². The SMILES string of the molecule is CC(Nc1cc(Cl)c(C(F)(F)F)cc1[N+](=O)[O-])c1nnc2n1CCCC2. The molecule has 1 aliphatic rings. The van der Waals surface area contributed by atoms with Crippen molar-refractivity contribution in [3.63, 3.8) is 0 Å². The van der Waals surface area contributed by atoms with Crippen LogP contribution in [0.4, 0.5) is 24.5 Å². The summed E-state index contributed by atoms with van der Waals surface area (Å²) < 4.78 is 40.8. The molecular weight excluding hydrogens is 375 g/mol. The summed E-state index contributed by atoms with van der Waals surface area (Å²) in [5.74, 6) is 1.41. The molecule has 1 aromatic heterocycles. The molecule has 140 valence electrons. The highest BCUT2D eigenvalue weighted by Gasteiger charge is 2.36. The molecule has 0 amide bonds. The first-order chi connectivity index (χ1) is 12.2. The Morgan fingerprint density at radius 3 is 2.73 bits per heavy atom. The lowest BCUT2D eigenvalue weighted by molar-refractivity contribution is -0.384. The summed E-state index contributed by atoms with van der Waals surface area (Å²) >= 11 is 5.70. The zero-order valence-corrected chi connectivity index (χ0v) is 14.4. The third kappa shape index (κ3) is 3.46. The summed E-state index contributed by atoms with van der Waals surface area (Å²) in [6.45, 7) is 2.45. The van der Waals surface area contributed by atoms with Gasteiger partial charge in [-0.05, 0) is 25.8 Å². The minimum Gasteiger partial charge on any atom is -0.370 e. The van der Waals surface area contributed by atoms with Crippen LogP contribution in [-0.2, 0) is 19.1 Å². The average molecular weight is 390 g/mol. The number of rotatable bonds is 4. The van der Waals surface area contributed by atoms with E-state index < -0.39 is 33.4 Å². The molecule has 2 aromatic rings. The number of nitrogens with one attached hydrogen (secondary N) is 1. The highest BCUT2D eigenvalue weighted by atomic mass is 35.5. The summed E-state index contributed by atoms with van der Waals surface area (Å²) in [6, 6.07) is 0.865. The number of nitrogens with zero attached hydrogens (tertiary/aromatic N) is 4. The number of anilines is 1. The monoisotopic (exact) mass is 389 g/mol. The topological polar surface area (TPSA) is 85.9 Å². The minimum absolute atomic E-state index is 0.103. The van der Waals surface area contributed by atoms with Crippen molar-refractivity contribution in [2.24, 2.45) is 0 Å². The van der Waals surface area contributed by atoms with E-state index in [1.165, 1.54) is 0 Å². The van der Waals surface area contributed by atoms with Crippen LogP contribution in [0.15, 0.2) is 12.1 Å². The normalized spacial score (nSPS) is 15.4. The van der Waals surface area contributed by atoms with Gasteiger partial charge in [0.1, 0.15) is 11.5 Å². The number of hydrogen-bond donors (Lipinski definition) is 1. The van der Waals surface area contributed by atoms with Gasteiger partial charge in [0.15, 0.2) is 5.82 Å². The van der Waals surface area contributed by atoms with Crippen molar-refractivity contribution in [1.29, 1.82) is 0 Å². The summed E-state index contributed by atoms with van der Waals surface area (Å²) in [5.41, 5.74) is -2.05. The maximum absolute atomic E-state index is 12.9.